The number of carbonyl (C=O) groups is 1. The van der Waals surface area contributed by atoms with E-state index in [9.17, 15) is 4.79 Å². The number of primary amides is 1. The molecule has 2 atom stereocenters. The molecule has 35 heavy (non-hydrogen) atoms. The summed E-state index contributed by atoms with van der Waals surface area (Å²) in [5.74, 6) is -0.140. The largest absolute Gasteiger partial charge is 0.471 e. The van der Waals surface area contributed by atoms with E-state index in [4.69, 9.17) is 10.5 Å². The number of nitrogens with zero attached hydrogens (tertiary/aromatic N) is 2. The van der Waals surface area contributed by atoms with Crippen LogP contribution in [-0.4, -0.2) is 39.9 Å². The van der Waals surface area contributed by atoms with Crippen LogP contribution in [0.25, 0.3) is 22.2 Å². The molecule has 1 saturated heterocycles. The van der Waals surface area contributed by atoms with E-state index >= 15 is 0 Å². The Labute approximate surface area is 206 Å². The molecule has 3 aromatic rings. The molecule has 0 radical (unpaired) electrons. The molecule has 0 spiro atoms. The Morgan fingerprint density at radius 3 is 2.66 bits per heavy atom. The molecule has 0 bridgehead atoms. The molecule has 0 aliphatic carbocycles. The Hall–Kier alpha value is -3.32. The Morgan fingerprint density at radius 2 is 2.00 bits per heavy atom. The van der Waals surface area contributed by atoms with Gasteiger partial charge >= 0.3 is 0 Å². The fourth-order valence-electron chi connectivity index (χ4n) is 5.58. The molecule has 1 amide bonds. The van der Waals surface area contributed by atoms with E-state index in [1.807, 2.05) is 18.7 Å². The highest BCUT2D eigenvalue weighted by Gasteiger charge is 2.33. The lowest BCUT2D eigenvalue weighted by molar-refractivity contribution is -0.116. The smallest absolute Gasteiger partial charge is 0.268 e. The van der Waals surface area contributed by atoms with Gasteiger partial charge in [0.25, 0.3) is 5.91 Å². The number of pyridine rings is 1. The third kappa shape index (κ3) is 4.52. The molecule has 2 unspecified atom stereocenters. The fourth-order valence-corrected chi connectivity index (χ4v) is 5.58. The van der Waals surface area contributed by atoms with Crippen molar-refractivity contribution in [1.82, 2.24) is 20.2 Å². The summed E-state index contributed by atoms with van der Waals surface area (Å²) >= 11 is 0. The van der Waals surface area contributed by atoms with Crippen molar-refractivity contribution in [3.63, 3.8) is 0 Å². The first-order valence-electron chi connectivity index (χ1n) is 12.6. The van der Waals surface area contributed by atoms with Crippen LogP contribution in [-0.2, 0) is 9.53 Å². The number of carbonyl (C=O) groups excluding carboxylic acids is 1. The van der Waals surface area contributed by atoms with Crippen molar-refractivity contribution in [2.24, 2.45) is 5.73 Å². The second-order valence-electron chi connectivity index (χ2n) is 10.1. The normalized spacial score (nSPS) is 20.0. The summed E-state index contributed by atoms with van der Waals surface area (Å²) in [5.41, 5.74) is 13.8. The fraction of sp³-hybridized carbons (Fsp3) is 0.429. The molecule has 7 nitrogen and oxygen atoms in total. The van der Waals surface area contributed by atoms with Crippen LogP contribution in [0.5, 0.6) is 0 Å². The van der Waals surface area contributed by atoms with Crippen LogP contribution in [0.15, 0.2) is 42.3 Å². The lowest BCUT2D eigenvalue weighted by Gasteiger charge is -2.28. The molecule has 0 saturated carbocycles. The van der Waals surface area contributed by atoms with Crippen molar-refractivity contribution in [3.8, 4) is 11.3 Å². The summed E-state index contributed by atoms with van der Waals surface area (Å²) in [5, 5.41) is 4.71. The number of H-pyrrole nitrogens is 1. The minimum absolute atomic E-state index is 0.316. The minimum atomic E-state index is -0.455. The number of amides is 1. The zero-order valence-electron chi connectivity index (χ0n) is 21.0. The van der Waals surface area contributed by atoms with Crippen molar-refractivity contribution in [3.05, 3.63) is 64.8 Å². The maximum atomic E-state index is 12.2. The lowest BCUT2D eigenvalue weighted by atomic mass is 9.95. The molecule has 1 aromatic carbocycles. The van der Waals surface area contributed by atoms with Gasteiger partial charge in [0.15, 0.2) is 6.23 Å². The van der Waals surface area contributed by atoms with Gasteiger partial charge in [-0.2, -0.15) is 0 Å². The van der Waals surface area contributed by atoms with Gasteiger partial charge in [0, 0.05) is 46.0 Å². The van der Waals surface area contributed by atoms with Crippen LogP contribution >= 0.6 is 0 Å². The second-order valence-corrected chi connectivity index (χ2v) is 10.1. The summed E-state index contributed by atoms with van der Waals surface area (Å²) in [6, 6.07) is 11.1. The summed E-state index contributed by atoms with van der Waals surface area (Å²) in [4.78, 5) is 22.4. The maximum Gasteiger partial charge on any atom is 0.268 e. The SMILES string of the molecule is Cc1cc(-c2[nH]c3ccc(C4OC=C(C(N)=O)N4CCC4CCCN4)cc3c2C(C)C)cc(C)n1. The molecule has 184 valence electrons. The van der Waals surface area contributed by atoms with Gasteiger partial charge in [-0.05, 0) is 75.4 Å². The molecule has 4 heterocycles. The Morgan fingerprint density at radius 1 is 1.23 bits per heavy atom. The van der Waals surface area contributed by atoms with Crippen molar-refractivity contribution < 1.29 is 9.53 Å². The summed E-state index contributed by atoms with van der Waals surface area (Å²) in [6.45, 7) is 10.3. The minimum Gasteiger partial charge on any atom is -0.471 e. The number of ether oxygens (including phenoxy) is 1. The van der Waals surface area contributed by atoms with Gasteiger partial charge in [0.1, 0.15) is 12.0 Å². The van der Waals surface area contributed by atoms with Gasteiger partial charge in [-0.3, -0.25) is 9.78 Å². The van der Waals surface area contributed by atoms with E-state index in [0.29, 0.717) is 24.2 Å². The molecule has 2 aliphatic heterocycles. The predicted molar refractivity (Wildman–Crippen MR) is 139 cm³/mol. The number of aromatic nitrogens is 2. The van der Waals surface area contributed by atoms with E-state index in [1.165, 1.54) is 30.1 Å². The molecular formula is C28H35N5O2. The number of fused-ring (bicyclic) bond motifs is 1. The standard InChI is InChI=1S/C28H35N5O2/c1-16(2)25-22-14-19(7-8-23(22)32-26(25)20-12-17(3)31-18(4)13-20)28-33(24(15-35-28)27(29)34)11-9-21-6-5-10-30-21/h7-8,12-16,21,28,30,32H,5-6,9-11H2,1-4H3,(H2,29,34). The third-order valence-corrected chi connectivity index (χ3v) is 7.13. The third-order valence-electron chi connectivity index (χ3n) is 7.13. The Kier molecular flexibility index (Phi) is 6.28. The number of nitrogens with one attached hydrogen (secondary N) is 2. The van der Waals surface area contributed by atoms with Crippen LogP contribution in [0.2, 0.25) is 0 Å². The molecular weight excluding hydrogens is 438 g/mol. The quantitative estimate of drug-likeness (QED) is 0.459. The number of benzene rings is 1. The summed E-state index contributed by atoms with van der Waals surface area (Å²) in [6.07, 6.45) is 4.46. The van der Waals surface area contributed by atoms with E-state index in [-0.39, 0.29) is 6.23 Å². The topological polar surface area (TPSA) is 96.3 Å². The molecule has 2 aliphatic rings. The van der Waals surface area contributed by atoms with Gasteiger partial charge in [0.05, 0.1) is 5.69 Å². The number of aryl methyl sites for hydroxylation is 2. The van der Waals surface area contributed by atoms with Crippen molar-refractivity contribution in [2.75, 3.05) is 13.1 Å². The van der Waals surface area contributed by atoms with Gasteiger partial charge in [-0.15, -0.1) is 0 Å². The van der Waals surface area contributed by atoms with Crippen LogP contribution in [0.4, 0.5) is 0 Å². The molecule has 5 rings (SSSR count). The number of nitrogens with two attached hydrogens (primary N) is 1. The summed E-state index contributed by atoms with van der Waals surface area (Å²) < 4.78 is 6.04. The van der Waals surface area contributed by atoms with Crippen LogP contribution in [0.3, 0.4) is 0 Å². The van der Waals surface area contributed by atoms with Crippen LogP contribution in [0.1, 0.15) is 67.8 Å². The van der Waals surface area contributed by atoms with Gasteiger partial charge in [0.2, 0.25) is 0 Å². The highest BCUT2D eigenvalue weighted by Crippen LogP contribution is 2.39. The zero-order chi connectivity index (χ0) is 24.7. The van der Waals surface area contributed by atoms with Gasteiger partial charge in [-0.1, -0.05) is 19.9 Å². The Bertz CT molecular complexity index is 1270. The van der Waals surface area contributed by atoms with Crippen molar-refractivity contribution >= 4 is 16.8 Å². The zero-order valence-corrected chi connectivity index (χ0v) is 21.0. The molecule has 1 fully saturated rings. The van der Waals surface area contributed by atoms with Gasteiger partial charge in [-0.25, -0.2) is 0 Å². The monoisotopic (exact) mass is 473 g/mol. The predicted octanol–water partition coefficient (Wildman–Crippen LogP) is 4.77. The first-order chi connectivity index (χ1) is 16.8. The molecule has 7 heteroatoms. The average molecular weight is 474 g/mol. The van der Waals surface area contributed by atoms with Gasteiger partial charge < -0.3 is 25.7 Å². The summed E-state index contributed by atoms with van der Waals surface area (Å²) in [7, 11) is 0. The van der Waals surface area contributed by atoms with E-state index in [0.717, 1.165) is 46.7 Å². The number of hydrogen-bond acceptors (Lipinski definition) is 5. The van der Waals surface area contributed by atoms with E-state index in [1.54, 1.807) is 0 Å². The van der Waals surface area contributed by atoms with E-state index < -0.39 is 5.91 Å². The molecule has 2 aromatic heterocycles. The molecule has 4 N–H and O–H groups in total. The van der Waals surface area contributed by atoms with Crippen molar-refractivity contribution in [1.29, 1.82) is 0 Å². The lowest BCUT2D eigenvalue weighted by Crippen LogP contribution is -2.35. The number of rotatable bonds is 7. The second kappa shape index (κ2) is 9.38. The highest BCUT2D eigenvalue weighted by atomic mass is 16.5. The van der Waals surface area contributed by atoms with Crippen LogP contribution < -0.4 is 11.1 Å². The average Bonchev–Trinajstić information content (AvgIpc) is 3.54. The highest BCUT2D eigenvalue weighted by molar-refractivity contribution is 5.93. The van der Waals surface area contributed by atoms with Crippen molar-refractivity contribution in [2.45, 2.75) is 65.1 Å². The van der Waals surface area contributed by atoms with E-state index in [2.05, 4.69) is 59.5 Å². The first kappa shape index (κ1) is 23.4. The van der Waals surface area contributed by atoms with Crippen LogP contribution in [0, 0.1) is 13.8 Å². The maximum absolute atomic E-state index is 12.2. The number of hydrogen-bond donors (Lipinski definition) is 3. The first-order valence-corrected chi connectivity index (χ1v) is 12.6. The Balaban J connectivity index is 1.52. The number of aromatic amines is 1.